The van der Waals surface area contributed by atoms with E-state index in [9.17, 15) is 0 Å². The Balaban J connectivity index is 1.68. The number of hydrogen-bond acceptors (Lipinski definition) is 6. The summed E-state index contributed by atoms with van der Waals surface area (Å²) < 4.78 is 11.7. The molecule has 5 nitrogen and oxygen atoms in total. The Bertz CT molecular complexity index is 931. The van der Waals surface area contributed by atoms with Gasteiger partial charge in [0.2, 0.25) is 5.88 Å². The number of ether oxygens (including phenoxy) is 2. The van der Waals surface area contributed by atoms with E-state index in [4.69, 9.17) is 19.4 Å². The molecule has 142 valence electrons. The van der Waals surface area contributed by atoms with E-state index in [1.165, 1.54) is 23.3 Å². The van der Waals surface area contributed by atoms with Crippen LogP contribution in [0.2, 0.25) is 0 Å². The van der Waals surface area contributed by atoms with E-state index in [2.05, 4.69) is 18.7 Å². The van der Waals surface area contributed by atoms with E-state index < -0.39 is 0 Å². The fourth-order valence-electron chi connectivity index (χ4n) is 3.42. The molecule has 1 fully saturated rings. The van der Waals surface area contributed by atoms with Gasteiger partial charge in [0, 0.05) is 4.88 Å². The van der Waals surface area contributed by atoms with Crippen LogP contribution in [0.5, 0.6) is 17.4 Å². The minimum atomic E-state index is 0.653. The number of hydrogen-bond donors (Lipinski definition) is 0. The van der Waals surface area contributed by atoms with Crippen LogP contribution in [0.25, 0.3) is 10.2 Å². The molecule has 0 bridgehead atoms. The Morgan fingerprint density at radius 3 is 2.44 bits per heavy atom. The van der Waals surface area contributed by atoms with Crippen molar-refractivity contribution in [3.63, 3.8) is 0 Å². The molecule has 1 aromatic carbocycles. The van der Waals surface area contributed by atoms with Gasteiger partial charge in [-0.15, -0.1) is 11.3 Å². The van der Waals surface area contributed by atoms with E-state index in [0.29, 0.717) is 12.5 Å². The second-order valence-corrected chi connectivity index (χ2v) is 8.10. The molecule has 0 aliphatic carbocycles. The van der Waals surface area contributed by atoms with Gasteiger partial charge in [0.05, 0.1) is 18.5 Å². The number of rotatable bonds is 6. The number of nitrogens with zero attached hydrogens (tertiary/aromatic N) is 3. The van der Waals surface area contributed by atoms with E-state index in [1.54, 1.807) is 11.3 Å². The minimum Gasteiger partial charge on any atom is -0.494 e. The van der Waals surface area contributed by atoms with Gasteiger partial charge in [-0.1, -0.05) is 0 Å². The number of aryl methyl sites for hydroxylation is 2. The van der Waals surface area contributed by atoms with Crippen LogP contribution in [-0.4, -0.2) is 34.6 Å². The van der Waals surface area contributed by atoms with E-state index in [1.807, 2.05) is 31.2 Å². The van der Waals surface area contributed by atoms with Crippen LogP contribution in [0.1, 0.15) is 36.0 Å². The molecule has 0 saturated carbocycles. The van der Waals surface area contributed by atoms with Gasteiger partial charge in [-0.2, -0.15) is 4.98 Å². The number of benzene rings is 1. The zero-order chi connectivity index (χ0) is 18.8. The van der Waals surface area contributed by atoms with Crippen LogP contribution >= 0.6 is 11.3 Å². The summed E-state index contributed by atoms with van der Waals surface area (Å²) in [5.74, 6) is 3.09. The molecular weight excluding hydrogens is 358 g/mol. The van der Waals surface area contributed by atoms with Gasteiger partial charge in [-0.3, -0.25) is 4.90 Å². The molecule has 4 rings (SSSR count). The average Bonchev–Trinajstić information content (AvgIpc) is 3.25. The van der Waals surface area contributed by atoms with Crippen LogP contribution in [0.15, 0.2) is 24.3 Å². The number of likely N-dealkylation sites (tertiary alicyclic amines) is 1. The molecular formula is C21H25N3O2S. The van der Waals surface area contributed by atoms with Crippen LogP contribution in [0.3, 0.4) is 0 Å². The maximum Gasteiger partial charge on any atom is 0.231 e. The van der Waals surface area contributed by atoms with Gasteiger partial charge in [0.15, 0.2) is 0 Å². The highest BCUT2D eigenvalue weighted by Gasteiger charge is 2.19. The van der Waals surface area contributed by atoms with Crippen molar-refractivity contribution in [2.24, 2.45) is 0 Å². The molecule has 0 unspecified atom stereocenters. The normalized spacial score (nSPS) is 14.8. The third-order valence-electron chi connectivity index (χ3n) is 4.95. The van der Waals surface area contributed by atoms with Gasteiger partial charge in [0.25, 0.3) is 0 Å². The van der Waals surface area contributed by atoms with Crippen molar-refractivity contribution in [2.45, 2.75) is 40.2 Å². The van der Waals surface area contributed by atoms with Gasteiger partial charge in [-0.25, -0.2) is 4.98 Å². The van der Waals surface area contributed by atoms with Gasteiger partial charge in [-0.05, 0) is 76.5 Å². The fourth-order valence-corrected chi connectivity index (χ4v) is 4.46. The molecule has 0 radical (unpaired) electrons. The van der Waals surface area contributed by atoms with Crippen LogP contribution in [0.4, 0.5) is 0 Å². The van der Waals surface area contributed by atoms with Crippen molar-refractivity contribution < 1.29 is 9.47 Å². The molecule has 2 aromatic heterocycles. The summed E-state index contributed by atoms with van der Waals surface area (Å²) in [5.41, 5.74) is 1.20. The van der Waals surface area contributed by atoms with E-state index >= 15 is 0 Å². The third kappa shape index (κ3) is 3.92. The second kappa shape index (κ2) is 7.82. The molecule has 3 heterocycles. The van der Waals surface area contributed by atoms with Crippen molar-refractivity contribution >= 4 is 21.6 Å². The molecule has 1 saturated heterocycles. The lowest BCUT2D eigenvalue weighted by atomic mass is 10.2. The van der Waals surface area contributed by atoms with Gasteiger partial charge < -0.3 is 9.47 Å². The summed E-state index contributed by atoms with van der Waals surface area (Å²) >= 11 is 1.71. The van der Waals surface area contributed by atoms with Crippen molar-refractivity contribution in [1.29, 1.82) is 0 Å². The van der Waals surface area contributed by atoms with Crippen molar-refractivity contribution in [3.05, 3.63) is 40.5 Å². The first-order valence-electron chi connectivity index (χ1n) is 9.53. The Labute approximate surface area is 164 Å². The summed E-state index contributed by atoms with van der Waals surface area (Å²) in [7, 11) is 0. The minimum absolute atomic E-state index is 0.653. The number of fused-ring (bicyclic) bond motifs is 1. The average molecular weight is 384 g/mol. The Kier molecular flexibility index (Phi) is 5.27. The van der Waals surface area contributed by atoms with E-state index in [0.717, 1.165) is 47.2 Å². The topological polar surface area (TPSA) is 47.5 Å². The lowest BCUT2D eigenvalue weighted by Gasteiger charge is -2.14. The lowest BCUT2D eigenvalue weighted by Crippen LogP contribution is -2.20. The quantitative estimate of drug-likeness (QED) is 0.593. The molecule has 3 aromatic rings. The molecule has 0 N–H and O–H groups in total. The first kappa shape index (κ1) is 18.2. The Morgan fingerprint density at radius 1 is 1.04 bits per heavy atom. The highest BCUT2D eigenvalue weighted by atomic mass is 32.1. The van der Waals surface area contributed by atoms with Gasteiger partial charge >= 0.3 is 0 Å². The zero-order valence-electron chi connectivity index (χ0n) is 16.1. The molecule has 0 spiro atoms. The van der Waals surface area contributed by atoms with Crippen LogP contribution in [-0.2, 0) is 6.54 Å². The Morgan fingerprint density at radius 2 is 1.74 bits per heavy atom. The maximum absolute atomic E-state index is 6.21. The highest BCUT2D eigenvalue weighted by molar-refractivity contribution is 7.18. The molecule has 0 amide bonds. The summed E-state index contributed by atoms with van der Waals surface area (Å²) in [6.45, 7) is 9.90. The predicted octanol–water partition coefficient (Wildman–Crippen LogP) is 5.09. The zero-order valence-corrected chi connectivity index (χ0v) is 16.9. The SMILES string of the molecule is CCOc1ccc(Oc2nc(CN3CCCC3)nc3sc(C)c(C)c23)cc1. The standard InChI is InChI=1S/C21H25N3O2S/c1-4-25-16-7-9-17(10-8-16)26-20-19-14(2)15(3)27-21(19)23-18(22-20)13-24-11-5-6-12-24/h7-10H,4-6,11-13H2,1-3H3. The molecule has 0 atom stereocenters. The largest absolute Gasteiger partial charge is 0.494 e. The first-order chi connectivity index (χ1) is 13.1. The molecule has 27 heavy (non-hydrogen) atoms. The monoisotopic (exact) mass is 383 g/mol. The van der Waals surface area contributed by atoms with Crippen LogP contribution in [0, 0.1) is 13.8 Å². The smallest absolute Gasteiger partial charge is 0.231 e. The molecule has 1 aliphatic heterocycles. The number of aromatic nitrogens is 2. The van der Waals surface area contributed by atoms with Crippen LogP contribution < -0.4 is 9.47 Å². The maximum atomic E-state index is 6.21. The van der Waals surface area contributed by atoms with Crippen molar-refractivity contribution in [3.8, 4) is 17.4 Å². The third-order valence-corrected chi connectivity index (χ3v) is 6.06. The summed E-state index contributed by atoms with van der Waals surface area (Å²) in [6.07, 6.45) is 2.52. The summed E-state index contributed by atoms with van der Waals surface area (Å²) in [4.78, 5) is 14.3. The summed E-state index contributed by atoms with van der Waals surface area (Å²) in [6, 6.07) is 7.70. The molecule has 1 aliphatic rings. The summed E-state index contributed by atoms with van der Waals surface area (Å²) in [5, 5.41) is 1.02. The Hall–Kier alpha value is -2.18. The molecule has 6 heteroatoms. The lowest BCUT2D eigenvalue weighted by molar-refractivity contribution is 0.321. The first-order valence-corrected chi connectivity index (χ1v) is 10.4. The predicted molar refractivity (Wildman–Crippen MR) is 109 cm³/mol. The van der Waals surface area contributed by atoms with Crippen molar-refractivity contribution in [2.75, 3.05) is 19.7 Å². The van der Waals surface area contributed by atoms with Gasteiger partial charge in [0.1, 0.15) is 22.2 Å². The second-order valence-electron chi connectivity index (χ2n) is 6.90. The highest BCUT2D eigenvalue weighted by Crippen LogP contribution is 2.37. The fraction of sp³-hybridized carbons (Fsp3) is 0.429. The number of thiophene rings is 1. The van der Waals surface area contributed by atoms with Crippen molar-refractivity contribution in [1.82, 2.24) is 14.9 Å². The van der Waals surface area contributed by atoms with E-state index in [-0.39, 0.29) is 0 Å².